The van der Waals surface area contributed by atoms with Crippen LogP contribution in [0.25, 0.3) is 0 Å². The Balaban J connectivity index is 1.76. The maximum atomic E-state index is 12.6. The molecule has 2 amide bonds. The fraction of sp³-hybridized carbons (Fsp3) is 0.500. The van der Waals surface area contributed by atoms with Gasteiger partial charge in [0.1, 0.15) is 6.04 Å². The zero-order valence-corrected chi connectivity index (χ0v) is 14.0. The molecule has 1 N–H and O–H groups in total. The lowest BCUT2D eigenvalue weighted by atomic mass is 10.2. The van der Waals surface area contributed by atoms with Crippen LogP contribution < -0.4 is 10.2 Å². The van der Waals surface area contributed by atoms with Crippen LogP contribution in [0.4, 0.5) is 5.69 Å². The highest BCUT2D eigenvalue weighted by atomic mass is 32.2. The van der Waals surface area contributed by atoms with Crippen LogP contribution in [0.15, 0.2) is 30.3 Å². The molecule has 0 aromatic heterocycles. The lowest BCUT2D eigenvalue weighted by molar-refractivity contribution is -0.126. The van der Waals surface area contributed by atoms with Crippen LogP contribution in [-0.2, 0) is 19.4 Å². The maximum absolute atomic E-state index is 12.6. The van der Waals surface area contributed by atoms with Crippen molar-refractivity contribution in [2.24, 2.45) is 0 Å². The highest BCUT2D eigenvalue weighted by Crippen LogP contribution is 2.43. The Kier molecular flexibility index (Phi) is 3.71. The molecule has 3 rings (SSSR count). The molecule has 2 atom stereocenters. The van der Waals surface area contributed by atoms with Gasteiger partial charge in [-0.2, -0.15) is 0 Å². The monoisotopic (exact) mass is 336 g/mol. The summed E-state index contributed by atoms with van der Waals surface area (Å²) in [7, 11) is -3.47. The van der Waals surface area contributed by atoms with E-state index >= 15 is 0 Å². The Morgan fingerprint density at radius 2 is 1.87 bits per heavy atom. The van der Waals surface area contributed by atoms with Gasteiger partial charge in [0.2, 0.25) is 11.8 Å². The lowest BCUT2D eigenvalue weighted by Gasteiger charge is -2.21. The number of hydrogen-bond acceptors (Lipinski definition) is 4. The smallest absolute Gasteiger partial charge is 0.249 e. The number of rotatable bonds is 4. The Hall–Kier alpha value is -1.89. The lowest BCUT2D eigenvalue weighted by Crippen LogP contribution is -2.49. The summed E-state index contributed by atoms with van der Waals surface area (Å²) in [6, 6.07) is 8.54. The van der Waals surface area contributed by atoms with Crippen molar-refractivity contribution in [1.29, 1.82) is 0 Å². The predicted molar refractivity (Wildman–Crippen MR) is 86.7 cm³/mol. The second kappa shape index (κ2) is 5.33. The summed E-state index contributed by atoms with van der Waals surface area (Å²) in [6.45, 7) is 1.92. The van der Waals surface area contributed by atoms with Crippen LogP contribution in [0.1, 0.15) is 26.2 Å². The first-order chi connectivity index (χ1) is 10.8. The van der Waals surface area contributed by atoms with E-state index in [-0.39, 0.29) is 11.9 Å². The minimum absolute atomic E-state index is 0.0522. The molecule has 1 aliphatic heterocycles. The first kappa shape index (κ1) is 16.0. The van der Waals surface area contributed by atoms with Gasteiger partial charge in [0, 0.05) is 18.0 Å². The fourth-order valence-corrected chi connectivity index (χ4v) is 4.43. The molecule has 1 aromatic carbocycles. The van der Waals surface area contributed by atoms with Crippen molar-refractivity contribution < 1.29 is 18.0 Å². The Morgan fingerprint density at radius 3 is 2.39 bits per heavy atom. The van der Waals surface area contributed by atoms with Gasteiger partial charge in [0.15, 0.2) is 14.6 Å². The van der Waals surface area contributed by atoms with E-state index < -0.39 is 26.5 Å². The minimum Gasteiger partial charge on any atom is -0.343 e. The topological polar surface area (TPSA) is 83.5 Å². The summed E-state index contributed by atoms with van der Waals surface area (Å²) in [6.07, 6.45) is 2.21. The SMILES string of the molecule is C[C@@H]1C[C@H](NC(=O)C2(S(C)(=O)=O)CC2)C(=O)N1c1ccccc1. The third kappa shape index (κ3) is 2.63. The normalized spacial score (nSPS) is 26.2. The number of para-hydroxylation sites is 1. The molecular formula is C16H20N2O4S. The molecule has 23 heavy (non-hydrogen) atoms. The second-order valence-corrected chi connectivity index (χ2v) is 8.75. The molecule has 0 radical (unpaired) electrons. The third-order valence-corrected chi connectivity index (χ3v) is 6.73. The molecule has 0 spiro atoms. The van der Waals surface area contributed by atoms with Gasteiger partial charge in [-0.1, -0.05) is 18.2 Å². The number of carbonyl (C=O) groups excluding carboxylic acids is 2. The van der Waals surface area contributed by atoms with Crippen molar-refractivity contribution in [3.63, 3.8) is 0 Å². The Morgan fingerprint density at radius 1 is 1.26 bits per heavy atom. The number of benzene rings is 1. The molecule has 1 aliphatic carbocycles. The summed E-state index contributed by atoms with van der Waals surface area (Å²) in [5, 5.41) is 2.66. The van der Waals surface area contributed by atoms with E-state index in [1.54, 1.807) is 4.90 Å². The molecule has 2 fully saturated rings. The molecular weight excluding hydrogens is 316 g/mol. The zero-order valence-electron chi connectivity index (χ0n) is 13.2. The summed E-state index contributed by atoms with van der Waals surface area (Å²) in [5.41, 5.74) is 0.783. The molecule has 0 bridgehead atoms. The van der Waals surface area contributed by atoms with E-state index in [1.165, 1.54) is 0 Å². The van der Waals surface area contributed by atoms with Crippen LogP contribution in [0.5, 0.6) is 0 Å². The van der Waals surface area contributed by atoms with E-state index in [2.05, 4.69) is 5.32 Å². The molecule has 0 unspecified atom stereocenters. The average Bonchev–Trinajstić information content (AvgIpc) is 3.24. The first-order valence-electron chi connectivity index (χ1n) is 7.65. The molecule has 1 aromatic rings. The van der Waals surface area contributed by atoms with Gasteiger partial charge in [-0.25, -0.2) is 8.42 Å². The number of anilines is 1. The summed E-state index contributed by atoms with van der Waals surface area (Å²) in [5.74, 6) is -0.734. The predicted octanol–water partition coefficient (Wildman–Crippen LogP) is 0.874. The molecule has 2 aliphatic rings. The molecule has 6 nitrogen and oxygen atoms in total. The standard InChI is InChI=1S/C16H20N2O4S/c1-11-10-13(14(19)18(11)12-6-4-3-5-7-12)17-15(20)16(8-9-16)23(2,21)22/h3-7,11,13H,8-10H2,1-2H3,(H,17,20)/t11-,13+/m1/s1. The van der Waals surface area contributed by atoms with E-state index in [1.807, 2.05) is 37.3 Å². The summed E-state index contributed by atoms with van der Waals surface area (Å²) >= 11 is 0. The van der Waals surface area contributed by atoms with E-state index in [4.69, 9.17) is 0 Å². The van der Waals surface area contributed by atoms with Crippen molar-refractivity contribution in [1.82, 2.24) is 5.32 Å². The van der Waals surface area contributed by atoms with Crippen molar-refractivity contribution in [3.8, 4) is 0 Å². The van der Waals surface area contributed by atoms with Gasteiger partial charge in [0.05, 0.1) is 0 Å². The van der Waals surface area contributed by atoms with Gasteiger partial charge in [0.25, 0.3) is 0 Å². The number of carbonyl (C=O) groups is 2. The molecule has 124 valence electrons. The van der Waals surface area contributed by atoms with Gasteiger partial charge in [-0.05, 0) is 38.3 Å². The molecule has 7 heteroatoms. The number of nitrogens with zero attached hydrogens (tertiary/aromatic N) is 1. The van der Waals surface area contributed by atoms with Crippen molar-refractivity contribution in [2.75, 3.05) is 11.2 Å². The van der Waals surface area contributed by atoms with Crippen LogP contribution >= 0.6 is 0 Å². The van der Waals surface area contributed by atoms with Crippen LogP contribution in [-0.4, -0.2) is 43.3 Å². The number of sulfone groups is 1. The van der Waals surface area contributed by atoms with Crippen molar-refractivity contribution >= 4 is 27.3 Å². The quantitative estimate of drug-likeness (QED) is 0.884. The Labute approximate surface area is 135 Å². The summed E-state index contributed by atoms with van der Waals surface area (Å²) in [4.78, 5) is 26.6. The van der Waals surface area contributed by atoms with Gasteiger partial charge in [-0.15, -0.1) is 0 Å². The first-order valence-corrected chi connectivity index (χ1v) is 9.54. The molecule has 1 saturated heterocycles. The minimum atomic E-state index is -3.47. The fourth-order valence-electron chi connectivity index (χ4n) is 3.19. The summed E-state index contributed by atoms with van der Waals surface area (Å²) < 4.78 is 22.3. The zero-order chi connectivity index (χ0) is 16.8. The Bertz CT molecular complexity index is 741. The van der Waals surface area contributed by atoms with E-state index in [9.17, 15) is 18.0 Å². The maximum Gasteiger partial charge on any atom is 0.249 e. The van der Waals surface area contributed by atoms with Gasteiger partial charge >= 0.3 is 0 Å². The largest absolute Gasteiger partial charge is 0.343 e. The second-order valence-electron chi connectivity index (χ2n) is 6.42. The van der Waals surface area contributed by atoms with E-state index in [0.29, 0.717) is 19.3 Å². The van der Waals surface area contributed by atoms with Crippen molar-refractivity contribution in [2.45, 2.75) is 43.0 Å². The highest BCUT2D eigenvalue weighted by molar-refractivity contribution is 7.93. The number of hydrogen-bond donors (Lipinski definition) is 1. The van der Waals surface area contributed by atoms with E-state index in [0.717, 1.165) is 11.9 Å². The number of nitrogens with one attached hydrogen (secondary N) is 1. The molecule has 1 heterocycles. The third-order valence-electron chi connectivity index (χ3n) is 4.72. The van der Waals surface area contributed by atoms with Crippen LogP contribution in [0.3, 0.4) is 0 Å². The van der Waals surface area contributed by atoms with Crippen molar-refractivity contribution in [3.05, 3.63) is 30.3 Å². The highest BCUT2D eigenvalue weighted by Gasteiger charge is 2.59. The van der Waals surface area contributed by atoms with Crippen LogP contribution in [0.2, 0.25) is 0 Å². The number of amides is 2. The molecule has 1 saturated carbocycles. The average molecular weight is 336 g/mol. The van der Waals surface area contributed by atoms with Gasteiger partial charge < -0.3 is 10.2 Å². The van der Waals surface area contributed by atoms with Crippen LogP contribution in [0, 0.1) is 0 Å². The van der Waals surface area contributed by atoms with Gasteiger partial charge in [-0.3, -0.25) is 9.59 Å².